The molecule has 4 N–H and O–H groups in total. The van der Waals surface area contributed by atoms with E-state index in [4.69, 9.17) is 16.6 Å². The van der Waals surface area contributed by atoms with Crippen molar-refractivity contribution in [2.24, 2.45) is 0 Å². The Balaban J connectivity index is 1.31. The van der Waals surface area contributed by atoms with Gasteiger partial charge in [-0.15, -0.1) is 0 Å². The Kier molecular flexibility index (Phi) is 7.15. The Labute approximate surface area is 220 Å². The van der Waals surface area contributed by atoms with Crippen LogP contribution in [0.2, 0.25) is 5.02 Å². The van der Waals surface area contributed by atoms with E-state index in [2.05, 4.69) is 47.2 Å². The molecule has 4 aromatic rings. The summed E-state index contributed by atoms with van der Waals surface area (Å²) < 4.78 is 25.9. The number of hydrogen-bond acceptors (Lipinski definition) is 9. The molecule has 0 unspecified atom stereocenters. The van der Waals surface area contributed by atoms with Gasteiger partial charge in [-0.3, -0.25) is 9.62 Å². The number of fused-ring (bicyclic) bond motifs is 1. The first-order chi connectivity index (χ1) is 17.7. The van der Waals surface area contributed by atoms with Crippen LogP contribution >= 0.6 is 11.6 Å². The normalized spacial score (nSPS) is 15.1. The molecule has 5 rings (SSSR count). The molecule has 0 atom stereocenters. The third-order valence-electron chi connectivity index (χ3n) is 5.98. The first kappa shape index (κ1) is 25.2. The van der Waals surface area contributed by atoms with Crippen molar-refractivity contribution in [1.82, 2.24) is 29.7 Å². The number of aromatic amines is 1. The number of imidazole rings is 1. The molecule has 1 aliphatic rings. The number of nitrogens with one attached hydrogen (secondary N) is 4. The number of piperazine rings is 1. The number of aromatic nitrogens is 4. The maximum atomic E-state index is 11.7. The summed E-state index contributed by atoms with van der Waals surface area (Å²) >= 11 is 6.33. The average Bonchev–Trinajstić information content (AvgIpc) is 3.24. The predicted octanol–water partition coefficient (Wildman–Crippen LogP) is 3.61. The van der Waals surface area contributed by atoms with Gasteiger partial charge >= 0.3 is 0 Å². The van der Waals surface area contributed by atoms with E-state index < -0.39 is 10.0 Å². The molecule has 2 aromatic carbocycles. The lowest BCUT2D eigenvalue weighted by molar-refractivity contribution is 0.146. The molecule has 0 bridgehead atoms. The van der Waals surface area contributed by atoms with Gasteiger partial charge in [-0.1, -0.05) is 23.7 Å². The van der Waals surface area contributed by atoms with Crippen LogP contribution in [0.5, 0.6) is 0 Å². The van der Waals surface area contributed by atoms with Gasteiger partial charge in [0, 0.05) is 31.9 Å². The summed E-state index contributed by atoms with van der Waals surface area (Å²) in [6.07, 6.45) is 2.57. The van der Waals surface area contributed by atoms with E-state index in [-0.39, 0.29) is 5.02 Å². The van der Waals surface area contributed by atoms with Crippen LogP contribution < -0.4 is 15.4 Å². The second-order valence-electron chi connectivity index (χ2n) is 9.05. The zero-order valence-electron chi connectivity index (χ0n) is 20.5. The number of para-hydroxylation sites is 2. The van der Waals surface area contributed by atoms with Gasteiger partial charge < -0.3 is 20.5 Å². The molecule has 2 aromatic heterocycles. The monoisotopic (exact) mass is 541 g/mol. The minimum absolute atomic E-state index is 0.289. The molecule has 0 amide bonds. The summed E-state index contributed by atoms with van der Waals surface area (Å²) in [5.74, 6) is 1.60. The van der Waals surface area contributed by atoms with Gasteiger partial charge in [-0.25, -0.2) is 18.4 Å². The molecular formula is C24H28ClN9O2S. The van der Waals surface area contributed by atoms with Crippen LogP contribution in [-0.4, -0.2) is 77.6 Å². The van der Waals surface area contributed by atoms with Crippen molar-refractivity contribution in [3.8, 4) is 0 Å². The van der Waals surface area contributed by atoms with E-state index in [1.807, 2.05) is 18.2 Å². The molecule has 11 nitrogen and oxygen atoms in total. The molecule has 37 heavy (non-hydrogen) atoms. The summed E-state index contributed by atoms with van der Waals surface area (Å²) in [7, 11) is -1.31. The van der Waals surface area contributed by atoms with Crippen LogP contribution in [0.25, 0.3) is 11.0 Å². The first-order valence-electron chi connectivity index (χ1n) is 11.7. The maximum Gasteiger partial charge on any atom is 0.229 e. The zero-order valence-corrected chi connectivity index (χ0v) is 22.1. The summed E-state index contributed by atoms with van der Waals surface area (Å²) in [6.45, 7) is 4.97. The lowest BCUT2D eigenvalue weighted by atomic mass is 10.2. The van der Waals surface area contributed by atoms with Crippen LogP contribution in [0.4, 0.5) is 28.8 Å². The van der Waals surface area contributed by atoms with E-state index in [0.717, 1.165) is 61.5 Å². The molecule has 0 spiro atoms. The lowest BCUT2D eigenvalue weighted by Gasteiger charge is -2.31. The number of benzene rings is 2. The third kappa shape index (κ3) is 6.46. The van der Waals surface area contributed by atoms with Crippen LogP contribution in [0, 0.1) is 0 Å². The molecule has 1 aliphatic heterocycles. The average molecular weight is 542 g/mol. The fourth-order valence-electron chi connectivity index (χ4n) is 4.09. The van der Waals surface area contributed by atoms with Crippen LogP contribution in [-0.2, 0) is 16.6 Å². The molecule has 0 radical (unpaired) electrons. The second-order valence-corrected chi connectivity index (χ2v) is 11.2. The Morgan fingerprint density at radius 3 is 2.54 bits per heavy atom. The minimum Gasteiger partial charge on any atom is -0.341 e. The first-order valence-corrected chi connectivity index (χ1v) is 14.0. The molecule has 3 heterocycles. The van der Waals surface area contributed by atoms with Crippen molar-refractivity contribution < 1.29 is 8.42 Å². The van der Waals surface area contributed by atoms with Gasteiger partial charge in [0.1, 0.15) is 10.8 Å². The standard InChI is InChI=1S/C24H28ClN9O2S/c1-33-9-11-34(12-10-33)15-22-28-19-8-7-16(13-21(19)29-22)27-24-26-14-17(25)23(31-24)30-18-5-3-4-6-20(18)32-37(2,35)36/h3-8,13-14,32H,9-12,15H2,1-2H3,(H,28,29)(H2,26,27,30,31). The number of rotatable bonds is 8. The molecule has 194 valence electrons. The fraction of sp³-hybridized carbons (Fsp3) is 0.292. The van der Waals surface area contributed by atoms with E-state index in [1.165, 1.54) is 6.20 Å². The topological polar surface area (TPSA) is 131 Å². The lowest BCUT2D eigenvalue weighted by Crippen LogP contribution is -2.44. The molecule has 1 saturated heterocycles. The summed E-state index contributed by atoms with van der Waals surface area (Å²) in [5.41, 5.74) is 3.48. The highest BCUT2D eigenvalue weighted by Crippen LogP contribution is 2.30. The number of anilines is 5. The van der Waals surface area contributed by atoms with Crippen molar-refractivity contribution >= 4 is 61.5 Å². The summed E-state index contributed by atoms with van der Waals surface area (Å²) in [6, 6.07) is 12.7. The van der Waals surface area contributed by atoms with Crippen molar-refractivity contribution in [1.29, 1.82) is 0 Å². The number of likely N-dealkylation sites (N-methyl/N-ethyl adjacent to an activating group) is 1. The van der Waals surface area contributed by atoms with Gasteiger partial charge in [0.05, 0.1) is 41.4 Å². The minimum atomic E-state index is -3.46. The zero-order chi connectivity index (χ0) is 26.0. The molecule has 1 fully saturated rings. The number of nitrogens with zero attached hydrogens (tertiary/aromatic N) is 5. The van der Waals surface area contributed by atoms with Crippen molar-refractivity contribution in [2.75, 3.05) is 54.8 Å². The van der Waals surface area contributed by atoms with Crippen molar-refractivity contribution in [3.63, 3.8) is 0 Å². The van der Waals surface area contributed by atoms with E-state index >= 15 is 0 Å². The summed E-state index contributed by atoms with van der Waals surface area (Å²) in [4.78, 5) is 21.7. The fourth-order valence-corrected chi connectivity index (χ4v) is 4.80. The SMILES string of the molecule is CN1CCN(Cc2nc3ccc(Nc4ncc(Cl)c(Nc5ccccc5NS(C)(=O)=O)n4)cc3[nH]2)CC1. The smallest absolute Gasteiger partial charge is 0.229 e. The van der Waals surface area contributed by atoms with Crippen molar-refractivity contribution in [3.05, 3.63) is 59.5 Å². The largest absolute Gasteiger partial charge is 0.341 e. The number of halogens is 1. The van der Waals surface area contributed by atoms with Gasteiger partial charge in [0.2, 0.25) is 16.0 Å². The molecule has 13 heteroatoms. The van der Waals surface area contributed by atoms with Crippen LogP contribution in [0.3, 0.4) is 0 Å². The van der Waals surface area contributed by atoms with Gasteiger partial charge in [0.15, 0.2) is 5.82 Å². The second kappa shape index (κ2) is 10.5. The number of H-pyrrole nitrogens is 1. The van der Waals surface area contributed by atoms with Gasteiger partial charge in [-0.2, -0.15) is 4.98 Å². The molecule has 0 saturated carbocycles. The van der Waals surface area contributed by atoms with Gasteiger partial charge in [-0.05, 0) is 37.4 Å². The Morgan fingerprint density at radius 1 is 1.03 bits per heavy atom. The van der Waals surface area contributed by atoms with Gasteiger partial charge in [0.25, 0.3) is 0 Å². The highest BCUT2D eigenvalue weighted by atomic mass is 35.5. The highest BCUT2D eigenvalue weighted by molar-refractivity contribution is 7.92. The predicted molar refractivity (Wildman–Crippen MR) is 147 cm³/mol. The summed E-state index contributed by atoms with van der Waals surface area (Å²) in [5, 5.41) is 6.58. The van der Waals surface area contributed by atoms with E-state index in [0.29, 0.717) is 23.1 Å². The van der Waals surface area contributed by atoms with Crippen molar-refractivity contribution in [2.45, 2.75) is 6.54 Å². The van der Waals surface area contributed by atoms with Crippen LogP contribution in [0.15, 0.2) is 48.7 Å². The van der Waals surface area contributed by atoms with E-state index in [9.17, 15) is 8.42 Å². The Bertz CT molecular complexity index is 1520. The number of sulfonamides is 1. The third-order valence-corrected chi connectivity index (χ3v) is 6.84. The van der Waals surface area contributed by atoms with E-state index in [1.54, 1.807) is 24.3 Å². The van der Waals surface area contributed by atoms with Crippen LogP contribution in [0.1, 0.15) is 5.82 Å². The maximum absolute atomic E-state index is 11.7. The quantitative estimate of drug-likeness (QED) is 0.264. The Hall–Kier alpha value is -3.45. The highest BCUT2D eigenvalue weighted by Gasteiger charge is 2.16. The Morgan fingerprint density at radius 2 is 1.78 bits per heavy atom. The molecular weight excluding hydrogens is 514 g/mol. The number of hydrogen-bond donors (Lipinski definition) is 4. The molecule has 0 aliphatic carbocycles.